The number of halogens is 1. The average molecular weight is 773 g/mol. The first-order valence-electron chi connectivity index (χ1n) is 19.0. The van der Waals surface area contributed by atoms with Crippen LogP contribution in [0.15, 0.2) is 103 Å². The SMILES string of the molecule is CCCN(Cc1ncc(-c2ccc3cc(-c4ccc(-c5cnc(CN(C[C@@H](C)F)C(=O)[C@@H](c6ccccc6)N(C)C)[nH]5)cc4)ccc3c2)[nH]1)C(=O)CNC(=O)OC. The average Bonchev–Trinajstić information content (AvgIpc) is 3.89. The molecule has 2 aromatic heterocycles. The molecule has 0 aliphatic heterocycles. The molecule has 0 spiro atoms. The number of likely N-dealkylation sites (N-methyl/N-ethyl adjacent to an activating group) is 1. The Balaban J connectivity index is 1.12. The Morgan fingerprint density at radius 2 is 1.33 bits per heavy atom. The Kier molecular flexibility index (Phi) is 13.1. The van der Waals surface area contributed by atoms with Gasteiger partial charge in [-0.1, -0.05) is 85.8 Å². The van der Waals surface area contributed by atoms with Gasteiger partial charge in [-0.05, 0) is 72.6 Å². The molecule has 4 aromatic carbocycles. The summed E-state index contributed by atoms with van der Waals surface area (Å²) in [4.78, 5) is 58.8. The summed E-state index contributed by atoms with van der Waals surface area (Å²) < 4.78 is 18.9. The van der Waals surface area contributed by atoms with Gasteiger partial charge in [-0.2, -0.15) is 0 Å². The van der Waals surface area contributed by atoms with E-state index in [0.29, 0.717) is 24.7 Å². The van der Waals surface area contributed by atoms with E-state index in [4.69, 9.17) is 0 Å². The number of benzene rings is 4. The minimum absolute atomic E-state index is 0.0425. The predicted molar refractivity (Wildman–Crippen MR) is 220 cm³/mol. The fourth-order valence-corrected chi connectivity index (χ4v) is 6.88. The summed E-state index contributed by atoms with van der Waals surface area (Å²) in [7, 11) is 4.95. The number of rotatable bonds is 16. The van der Waals surface area contributed by atoms with E-state index < -0.39 is 18.3 Å². The topological polar surface area (TPSA) is 140 Å². The molecule has 0 fully saturated rings. The molecule has 6 aromatic rings. The van der Waals surface area contributed by atoms with E-state index in [9.17, 15) is 18.8 Å². The predicted octanol–water partition coefficient (Wildman–Crippen LogP) is 7.37. The minimum Gasteiger partial charge on any atom is -0.453 e. The van der Waals surface area contributed by atoms with E-state index in [-0.39, 0.29) is 31.4 Å². The molecule has 0 bridgehead atoms. The van der Waals surface area contributed by atoms with Gasteiger partial charge in [-0.15, -0.1) is 0 Å². The number of carbonyl (C=O) groups is 3. The van der Waals surface area contributed by atoms with Crippen LogP contribution in [0.3, 0.4) is 0 Å². The maximum Gasteiger partial charge on any atom is 0.407 e. The summed E-state index contributed by atoms with van der Waals surface area (Å²) in [5.41, 5.74) is 6.53. The van der Waals surface area contributed by atoms with Crippen LogP contribution in [0.4, 0.5) is 9.18 Å². The van der Waals surface area contributed by atoms with Crippen molar-refractivity contribution in [3.05, 3.63) is 121 Å². The number of aromatic nitrogens is 4. The van der Waals surface area contributed by atoms with Crippen LogP contribution in [-0.2, 0) is 27.4 Å². The number of amides is 3. The largest absolute Gasteiger partial charge is 0.453 e. The van der Waals surface area contributed by atoms with Crippen LogP contribution in [0, 0.1) is 0 Å². The Labute approximate surface area is 332 Å². The van der Waals surface area contributed by atoms with E-state index in [2.05, 4.69) is 72.5 Å². The molecule has 13 heteroatoms. The molecule has 0 aliphatic rings. The van der Waals surface area contributed by atoms with Crippen LogP contribution in [0.2, 0.25) is 0 Å². The van der Waals surface area contributed by atoms with Crippen molar-refractivity contribution in [2.24, 2.45) is 0 Å². The maximum atomic E-state index is 14.4. The second kappa shape index (κ2) is 18.5. The third-order valence-electron chi connectivity index (χ3n) is 9.68. The standard InChI is InChI=1S/C44H49FN8O4/c1-6-20-52(41(54)25-48-44(56)57-5)27-39-47-24-38(50-39)36-19-18-34-21-33(16-17-35(34)22-36)30-12-14-31(15-13-30)37-23-46-40(49-37)28-53(26-29(2)45)43(55)42(51(3)4)32-10-8-7-9-11-32/h7-19,21-24,29,42H,6,20,25-28H2,1-5H3,(H,46,49)(H,47,50)(H,48,56)/t29-,42-/m1/s1. The maximum absolute atomic E-state index is 14.4. The van der Waals surface area contributed by atoms with Crippen LogP contribution in [-0.4, -0.2) is 99.6 Å². The molecule has 0 unspecified atom stereocenters. The van der Waals surface area contributed by atoms with Gasteiger partial charge in [0.1, 0.15) is 30.4 Å². The summed E-state index contributed by atoms with van der Waals surface area (Å²) in [5, 5.41) is 4.60. The fraction of sp³-hybridized carbons (Fsp3) is 0.295. The number of H-pyrrole nitrogens is 2. The van der Waals surface area contributed by atoms with Crippen molar-refractivity contribution >= 4 is 28.7 Å². The van der Waals surface area contributed by atoms with Gasteiger partial charge in [0.25, 0.3) is 0 Å². The number of fused-ring (bicyclic) bond motifs is 1. The Bertz CT molecular complexity index is 2290. The lowest BCUT2D eigenvalue weighted by atomic mass is 9.98. The first-order valence-corrected chi connectivity index (χ1v) is 19.0. The highest BCUT2D eigenvalue weighted by atomic mass is 19.1. The summed E-state index contributed by atoms with van der Waals surface area (Å²) in [5.74, 6) is 0.817. The van der Waals surface area contributed by atoms with Crippen LogP contribution in [0.25, 0.3) is 44.4 Å². The lowest BCUT2D eigenvalue weighted by molar-refractivity contribution is -0.138. The molecule has 0 aliphatic carbocycles. The summed E-state index contributed by atoms with van der Waals surface area (Å²) in [6.07, 6.45) is 2.42. The summed E-state index contributed by atoms with van der Waals surface area (Å²) in [6.45, 7) is 4.22. The lowest BCUT2D eigenvalue weighted by Crippen LogP contribution is -2.42. The molecule has 12 nitrogen and oxygen atoms in total. The number of nitrogens with zero attached hydrogens (tertiary/aromatic N) is 5. The molecule has 296 valence electrons. The summed E-state index contributed by atoms with van der Waals surface area (Å²) in [6, 6.07) is 29.8. The first kappa shape index (κ1) is 40.3. The molecular weight excluding hydrogens is 724 g/mol. The van der Waals surface area contributed by atoms with E-state index in [0.717, 1.165) is 56.4 Å². The molecule has 6 rings (SSSR count). The number of carbonyl (C=O) groups excluding carboxylic acids is 3. The van der Waals surface area contributed by atoms with Crippen LogP contribution in [0.5, 0.6) is 0 Å². The van der Waals surface area contributed by atoms with Crippen molar-refractivity contribution in [3.8, 4) is 33.6 Å². The van der Waals surface area contributed by atoms with E-state index in [1.54, 1.807) is 17.3 Å². The van der Waals surface area contributed by atoms with Gasteiger partial charge >= 0.3 is 6.09 Å². The fourth-order valence-electron chi connectivity index (χ4n) is 6.88. The number of imidazole rings is 2. The van der Waals surface area contributed by atoms with Crippen LogP contribution < -0.4 is 5.32 Å². The Morgan fingerprint density at radius 1 is 0.772 bits per heavy atom. The monoisotopic (exact) mass is 772 g/mol. The van der Waals surface area contributed by atoms with Crippen LogP contribution in [0.1, 0.15) is 43.5 Å². The van der Waals surface area contributed by atoms with Gasteiger partial charge in [0.2, 0.25) is 11.8 Å². The smallest absolute Gasteiger partial charge is 0.407 e. The zero-order valence-corrected chi connectivity index (χ0v) is 33.0. The number of methoxy groups -OCH3 is 1. The number of aromatic amines is 2. The zero-order chi connectivity index (χ0) is 40.5. The molecular formula is C44H49FN8O4. The third kappa shape index (κ3) is 10.1. The highest BCUT2D eigenvalue weighted by Crippen LogP contribution is 2.30. The van der Waals surface area contributed by atoms with Crippen molar-refractivity contribution in [2.45, 2.75) is 45.6 Å². The molecule has 57 heavy (non-hydrogen) atoms. The van der Waals surface area contributed by atoms with Crippen molar-refractivity contribution in [1.29, 1.82) is 0 Å². The van der Waals surface area contributed by atoms with Gasteiger partial charge in [0.05, 0.1) is 50.5 Å². The highest BCUT2D eigenvalue weighted by molar-refractivity contribution is 5.90. The van der Waals surface area contributed by atoms with E-state index >= 15 is 0 Å². The Morgan fingerprint density at radius 3 is 1.93 bits per heavy atom. The molecule has 2 atom stereocenters. The molecule has 3 N–H and O–H groups in total. The number of alkyl carbamates (subject to hydrolysis) is 1. The van der Waals surface area contributed by atoms with E-state index in [1.165, 1.54) is 18.9 Å². The first-order chi connectivity index (χ1) is 27.5. The van der Waals surface area contributed by atoms with Crippen molar-refractivity contribution in [3.63, 3.8) is 0 Å². The summed E-state index contributed by atoms with van der Waals surface area (Å²) >= 11 is 0. The van der Waals surface area contributed by atoms with Gasteiger partial charge in [-0.25, -0.2) is 19.2 Å². The quantitative estimate of drug-likeness (QED) is 0.0934. The van der Waals surface area contributed by atoms with Gasteiger partial charge in [-0.3, -0.25) is 14.5 Å². The number of hydrogen-bond acceptors (Lipinski definition) is 7. The second-order valence-electron chi connectivity index (χ2n) is 14.3. The molecule has 3 amide bonds. The molecule has 0 saturated heterocycles. The van der Waals surface area contributed by atoms with Crippen molar-refractivity contribution in [1.82, 2.24) is 40.0 Å². The Hall–Kier alpha value is -6.34. The van der Waals surface area contributed by atoms with Gasteiger partial charge < -0.3 is 29.8 Å². The van der Waals surface area contributed by atoms with Crippen molar-refractivity contribution < 1.29 is 23.5 Å². The van der Waals surface area contributed by atoms with Gasteiger partial charge in [0, 0.05) is 12.1 Å². The molecule has 2 heterocycles. The highest BCUT2D eigenvalue weighted by Gasteiger charge is 2.29. The zero-order valence-electron chi connectivity index (χ0n) is 33.0. The number of hydrogen-bond donors (Lipinski definition) is 3. The van der Waals surface area contributed by atoms with Gasteiger partial charge in [0.15, 0.2) is 0 Å². The van der Waals surface area contributed by atoms with Crippen LogP contribution >= 0.6 is 0 Å². The minimum atomic E-state index is -1.20. The number of nitrogens with one attached hydrogen (secondary N) is 3. The molecule has 0 saturated carbocycles. The lowest BCUT2D eigenvalue weighted by Gasteiger charge is -2.31. The normalized spacial score (nSPS) is 12.3. The molecule has 0 radical (unpaired) electrons. The number of alkyl halides is 1. The second-order valence-corrected chi connectivity index (χ2v) is 14.3. The third-order valence-corrected chi connectivity index (χ3v) is 9.68. The van der Waals surface area contributed by atoms with Crippen molar-refractivity contribution in [2.75, 3.05) is 40.8 Å². The number of ether oxygens (including phenoxy) is 1. The van der Waals surface area contributed by atoms with E-state index in [1.807, 2.05) is 74.4 Å².